The largest absolute Gasteiger partial charge is 0.358 e. The fourth-order valence-electron chi connectivity index (χ4n) is 2.44. The molecule has 0 aliphatic heterocycles. The molecule has 0 heterocycles. The van der Waals surface area contributed by atoms with Crippen molar-refractivity contribution in [2.24, 2.45) is 23.5 Å². The minimum Gasteiger partial charge on any atom is -0.358 e. The van der Waals surface area contributed by atoms with Gasteiger partial charge in [0.2, 0.25) is 11.8 Å². The number of hydrogen-bond donors (Lipinski definition) is 3. The van der Waals surface area contributed by atoms with E-state index in [1.165, 1.54) is 0 Å². The zero-order chi connectivity index (χ0) is 13.0. The molecular formula is C12H23N3O2. The van der Waals surface area contributed by atoms with E-state index < -0.39 is 0 Å². The number of rotatable bonds is 3. The molecule has 0 radical (unpaired) electrons. The van der Waals surface area contributed by atoms with Crippen LogP contribution in [0.3, 0.4) is 0 Å². The minimum atomic E-state index is -0.181. The lowest BCUT2D eigenvalue weighted by Gasteiger charge is -2.36. The summed E-state index contributed by atoms with van der Waals surface area (Å²) in [6, 6.07) is 0.0851. The molecule has 1 saturated carbocycles. The predicted octanol–water partition coefficient (Wildman–Crippen LogP) is -0.142. The molecule has 0 aromatic rings. The van der Waals surface area contributed by atoms with Crippen molar-refractivity contribution in [2.75, 3.05) is 13.6 Å². The molecule has 0 spiro atoms. The first-order valence-electron chi connectivity index (χ1n) is 6.19. The zero-order valence-electron chi connectivity index (χ0n) is 10.8. The molecule has 0 bridgehead atoms. The molecule has 17 heavy (non-hydrogen) atoms. The van der Waals surface area contributed by atoms with Gasteiger partial charge in [0.25, 0.3) is 0 Å². The monoisotopic (exact) mass is 241 g/mol. The van der Waals surface area contributed by atoms with E-state index in [-0.39, 0.29) is 30.3 Å². The van der Waals surface area contributed by atoms with Gasteiger partial charge in [-0.1, -0.05) is 13.8 Å². The maximum absolute atomic E-state index is 11.9. The summed E-state index contributed by atoms with van der Waals surface area (Å²) in [5.74, 6) is 0.497. The van der Waals surface area contributed by atoms with Gasteiger partial charge in [-0.15, -0.1) is 0 Å². The van der Waals surface area contributed by atoms with Crippen molar-refractivity contribution in [3.05, 3.63) is 0 Å². The van der Waals surface area contributed by atoms with E-state index in [1.54, 1.807) is 7.05 Å². The number of amides is 2. The highest BCUT2D eigenvalue weighted by molar-refractivity contribution is 5.85. The topological polar surface area (TPSA) is 84.2 Å². The van der Waals surface area contributed by atoms with Gasteiger partial charge in [-0.2, -0.15) is 0 Å². The quantitative estimate of drug-likeness (QED) is 0.643. The van der Waals surface area contributed by atoms with Crippen LogP contribution in [0.4, 0.5) is 0 Å². The van der Waals surface area contributed by atoms with Crippen LogP contribution in [0.2, 0.25) is 0 Å². The molecule has 1 fully saturated rings. The number of hydrogen-bond acceptors (Lipinski definition) is 3. The van der Waals surface area contributed by atoms with Crippen LogP contribution in [0, 0.1) is 17.8 Å². The third-order valence-corrected chi connectivity index (χ3v) is 3.73. The van der Waals surface area contributed by atoms with Gasteiger partial charge >= 0.3 is 0 Å². The molecule has 2 amide bonds. The molecule has 1 aliphatic carbocycles. The molecule has 5 nitrogen and oxygen atoms in total. The smallest absolute Gasteiger partial charge is 0.239 e. The van der Waals surface area contributed by atoms with Gasteiger partial charge in [0.15, 0.2) is 0 Å². The first-order valence-corrected chi connectivity index (χ1v) is 6.19. The molecule has 1 rings (SSSR count). The highest BCUT2D eigenvalue weighted by Gasteiger charge is 2.34. The van der Waals surface area contributed by atoms with Gasteiger partial charge in [-0.25, -0.2) is 0 Å². The molecule has 0 saturated heterocycles. The summed E-state index contributed by atoms with van der Waals surface area (Å²) in [5.41, 5.74) is 5.99. The minimum absolute atomic E-state index is 0.0450. The third-order valence-electron chi connectivity index (χ3n) is 3.73. The van der Waals surface area contributed by atoms with Crippen LogP contribution in [-0.4, -0.2) is 31.4 Å². The van der Waals surface area contributed by atoms with E-state index in [1.807, 2.05) is 0 Å². The second-order valence-corrected chi connectivity index (χ2v) is 5.09. The summed E-state index contributed by atoms with van der Waals surface area (Å²) >= 11 is 0. The Morgan fingerprint density at radius 2 is 1.88 bits per heavy atom. The molecule has 0 aromatic carbocycles. The number of carbonyl (C=O) groups excluding carboxylic acids is 2. The van der Waals surface area contributed by atoms with Crippen LogP contribution in [0.5, 0.6) is 0 Å². The maximum atomic E-state index is 11.9. The Labute approximate surface area is 103 Å². The summed E-state index contributed by atoms with van der Waals surface area (Å²) in [6.45, 7) is 4.25. The Balaban J connectivity index is 2.48. The van der Waals surface area contributed by atoms with E-state index in [4.69, 9.17) is 5.73 Å². The van der Waals surface area contributed by atoms with E-state index in [0.29, 0.717) is 18.3 Å². The van der Waals surface area contributed by atoms with E-state index in [2.05, 4.69) is 24.5 Å². The maximum Gasteiger partial charge on any atom is 0.239 e. The van der Waals surface area contributed by atoms with Crippen LogP contribution < -0.4 is 16.4 Å². The zero-order valence-corrected chi connectivity index (χ0v) is 10.8. The average Bonchev–Trinajstić information content (AvgIpc) is 2.30. The molecule has 4 atom stereocenters. The molecule has 0 aromatic heterocycles. The Morgan fingerprint density at radius 1 is 1.24 bits per heavy atom. The van der Waals surface area contributed by atoms with Gasteiger partial charge in [-0.3, -0.25) is 9.59 Å². The van der Waals surface area contributed by atoms with Crippen molar-refractivity contribution in [1.82, 2.24) is 10.6 Å². The van der Waals surface area contributed by atoms with Crippen LogP contribution in [0.1, 0.15) is 26.7 Å². The van der Waals surface area contributed by atoms with Crippen LogP contribution in [0.25, 0.3) is 0 Å². The lowest BCUT2D eigenvalue weighted by atomic mass is 9.72. The van der Waals surface area contributed by atoms with E-state index >= 15 is 0 Å². The fraction of sp³-hybridized carbons (Fsp3) is 0.833. The average molecular weight is 241 g/mol. The highest BCUT2D eigenvalue weighted by Crippen LogP contribution is 2.32. The Morgan fingerprint density at radius 3 is 2.47 bits per heavy atom. The van der Waals surface area contributed by atoms with Crippen molar-refractivity contribution in [2.45, 2.75) is 32.7 Å². The third kappa shape index (κ3) is 3.70. The van der Waals surface area contributed by atoms with Crippen LogP contribution in [0.15, 0.2) is 0 Å². The van der Waals surface area contributed by atoms with Crippen molar-refractivity contribution < 1.29 is 9.59 Å². The Bertz CT molecular complexity index is 293. The van der Waals surface area contributed by atoms with Crippen molar-refractivity contribution in [1.29, 1.82) is 0 Å². The predicted molar refractivity (Wildman–Crippen MR) is 66.1 cm³/mol. The number of nitrogens with two attached hydrogens (primary N) is 1. The summed E-state index contributed by atoms with van der Waals surface area (Å²) in [6.07, 6.45) is 1.68. The van der Waals surface area contributed by atoms with E-state index in [0.717, 1.165) is 6.42 Å². The van der Waals surface area contributed by atoms with Crippen LogP contribution in [-0.2, 0) is 9.59 Å². The number of carbonyl (C=O) groups is 2. The van der Waals surface area contributed by atoms with Gasteiger partial charge in [0, 0.05) is 19.0 Å². The molecule has 4 N–H and O–H groups in total. The second-order valence-electron chi connectivity index (χ2n) is 5.09. The first kappa shape index (κ1) is 14.0. The van der Waals surface area contributed by atoms with E-state index in [9.17, 15) is 9.59 Å². The lowest BCUT2D eigenvalue weighted by Crippen LogP contribution is -2.46. The Kier molecular flexibility index (Phi) is 4.93. The molecule has 98 valence electrons. The van der Waals surface area contributed by atoms with Crippen molar-refractivity contribution in [3.63, 3.8) is 0 Å². The van der Waals surface area contributed by atoms with Gasteiger partial charge in [0.05, 0.1) is 6.54 Å². The summed E-state index contributed by atoms with van der Waals surface area (Å²) in [7, 11) is 1.55. The SMILES string of the molecule is CNC(=O)CNC(=O)C1CC(N)C(C)CC1C. The summed E-state index contributed by atoms with van der Waals surface area (Å²) in [4.78, 5) is 23.0. The van der Waals surface area contributed by atoms with Gasteiger partial charge in [-0.05, 0) is 24.7 Å². The summed E-state index contributed by atoms with van der Waals surface area (Å²) < 4.78 is 0. The molecule has 4 unspecified atom stereocenters. The number of likely N-dealkylation sites (N-methyl/N-ethyl adjacent to an activating group) is 1. The normalized spacial score (nSPS) is 32.9. The van der Waals surface area contributed by atoms with Crippen molar-refractivity contribution in [3.8, 4) is 0 Å². The highest BCUT2D eigenvalue weighted by atomic mass is 16.2. The standard InChI is InChI=1S/C12H23N3O2/c1-7-4-8(2)10(13)5-9(7)12(17)15-6-11(16)14-3/h7-10H,4-6,13H2,1-3H3,(H,14,16)(H,15,17). The first-order chi connectivity index (χ1) is 7.95. The van der Waals surface area contributed by atoms with Gasteiger partial charge < -0.3 is 16.4 Å². The second kappa shape index (κ2) is 6.00. The van der Waals surface area contributed by atoms with Gasteiger partial charge in [0.1, 0.15) is 0 Å². The number of nitrogens with one attached hydrogen (secondary N) is 2. The van der Waals surface area contributed by atoms with Crippen molar-refractivity contribution >= 4 is 11.8 Å². The molecule has 1 aliphatic rings. The molecule has 5 heteroatoms. The Hall–Kier alpha value is -1.10. The molecular weight excluding hydrogens is 218 g/mol. The summed E-state index contributed by atoms with van der Waals surface area (Å²) in [5, 5.41) is 5.13. The van der Waals surface area contributed by atoms with Crippen LogP contribution >= 0.6 is 0 Å². The fourth-order valence-corrected chi connectivity index (χ4v) is 2.44. The lowest BCUT2D eigenvalue weighted by molar-refractivity contribution is -0.130.